The summed E-state index contributed by atoms with van der Waals surface area (Å²) in [7, 11) is 0. The maximum atomic E-state index is 10.7. The van der Waals surface area contributed by atoms with E-state index in [4.69, 9.17) is 4.74 Å². The van der Waals surface area contributed by atoms with Crippen LogP contribution in [0.5, 0.6) is 5.75 Å². The predicted octanol–water partition coefficient (Wildman–Crippen LogP) is 1.97. The second kappa shape index (κ2) is 7.31. The molecule has 1 fully saturated rings. The molecule has 8 heteroatoms. The third kappa shape index (κ3) is 3.65. The molecule has 0 bridgehead atoms. The molecule has 1 saturated heterocycles. The highest BCUT2D eigenvalue weighted by atomic mass is 16.6. The van der Waals surface area contributed by atoms with Crippen molar-refractivity contribution < 1.29 is 9.66 Å². The number of ether oxygens (including phenoxy) is 1. The fourth-order valence-electron chi connectivity index (χ4n) is 2.86. The number of nitrogens with zero attached hydrogens (tertiary/aromatic N) is 5. The number of hydrogen-bond donors (Lipinski definition) is 0. The Labute approximate surface area is 140 Å². The number of anilines is 1. The van der Waals surface area contributed by atoms with Crippen molar-refractivity contribution in [3.63, 3.8) is 0 Å². The van der Waals surface area contributed by atoms with Crippen LogP contribution in [0.25, 0.3) is 0 Å². The van der Waals surface area contributed by atoms with Crippen LogP contribution in [-0.4, -0.2) is 52.4 Å². The molecule has 128 valence electrons. The third-order valence-corrected chi connectivity index (χ3v) is 4.05. The summed E-state index contributed by atoms with van der Waals surface area (Å²) in [6.07, 6.45) is 2.76. The van der Waals surface area contributed by atoms with Crippen LogP contribution in [0.4, 0.5) is 11.4 Å². The van der Waals surface area contributed by atoms with Crippen LogP contribution < -0.4 is 9.64 Å². The minimum Gasteiger partial charge on any atom is -0.492 e. The van der Waals surface area contributed by atoms with Crippen LogP contribution in [0.15, 0.2) is 36.7 Å². The third-order valence-electron chi connectivity index (χ3n) is 4.05. The fraction of sp³-hybridized carbons (Fsp3) is 0.438. The molecule has 0 saturated carbocycles. The van der Waals surface area contributed by atoms with Crippen LogP contribution in [0.3, 0.4) is 0 Å². The standard InChI is InChI=1S/C16H21N5O3/c1-2-24-16-6-4-3-5-15(16)19-9-7-18(8-10-19)13-20-12-14(11-17-20)21(22)23/h3-6,11-12H,2,7-10,13H2,1H3. The molecule has 1 aliphatic rings. The van der Waals surface area contributed by atoms with E-state index in [2.05, 4.69) is 21.0 Å². The van der Waals surface area contributed by atoms with E-state index in [-0.39, 0.29) is 5.69 Å². The molecular formula is C16H21N5O3. The Morgan fingerprint density at radius 3 is 2.67 bits per heavy atom. The zero-order chi connectivity index (χ0) is 16.9. The predicted molar refractivity (Wildman–Crippen MR) is 90.3 cm³/mol. The van der Waals surface area contributed by atoms with Crippen LogP contribution >= 0.6 is 0 Å². The molecule has 0 N–H and O–H groups in total. The van der Waals surface area contributed by atoms with E-state index in [1.54, 1.807) is 4.68 Å². The summed E-state index contributed by atoms with van der Waals surface area (Å²) in [6, 6.07) is 8.08. The van der Waals surface area contributed by atoms with Crippen LogP contribution in [0, 0.1) is 10.1 Å². The van der Waals surface area contributed by atoms with Crippen molar-refractivity contribution in [2.45, 2.75) is 13.6 Å². The molecule has 0 atom stereocenters. The van der Waals surface area contributed by atoms with Crippen LogP contribution in [0.1, 0.15) is 6.92 Å². The monoisotopic (exact) mass is 331 g/mol. The van der Waals surface area contributed by atoms with Gasteiger partial charge in [0.25, 0.3) is 0 Å². The van der Waals surface area contributed by atoms with E-state index in [1.807, 2.05) is 25.1 Å². The molecule has 0 spiro atoms. The topological polar surface area (TPSA) is 76.7 Å². The average molecular weight is 331 g/mol. The van der Waals surface area contributed by atoms with Crippen molar-refractivity contribution in [2.24, 2.45) is 0 Å². The van der Waals surface area contributed by atoms with Crippen molar-refractivity contribution in [1.82, 2.24) is 14.7 Å². The summed E-state index contributed by atoms with van der Waals surface area (Å²) >= 11 is 0. The summed E-state index contributed by atoms with van der Waals surface area (Å²) < 4.78 is 7.32. The Balaban J connectivity index is 1.58. The number of benzene rings is 1. The molecule has 24 heavy (non-hydrogen) atoms. The zero-order valence-electron chi connectivity index (χ0n) is 13.7. The molecule has 1 aromatic heterocycles. The van der Waals surface area contributed by atoms with E-state index in [9.17, 15) is 10.1 Å². The first kappa shape index (κ1) is 16.3. The van der Waals surface area contributed by atoms with Gasteiger partial charge in [0.05, 0.1) is 23.9 Å². The van der Waals surface area contributed by atoms with Gasteiger partial charge in [-0.3, -0.25) is 19.7 Å². The lowest BCUT2D eigenvalue weighted by Gasteiger charge is -2.36. The lowest BCUT2D eigenvalue weighted by molar-refractivity contribution is -0.385. The molecule has 0 unspecified atom stereocenters. The largest absolute Gasteiger partial charge is 0.492 e. The van der Waals surface area contributed by atoms with Gasteiger partial charge in [-0.1, -0.05) is 12.1 Å². The van der Waals surface area contributed by atoms with E-state index >= 15 is 0 Å². The van der Waals surface area contributed by atoms with E-state index in [0.29, 0.717) is 13.3 Å². The van der Waals surface area contributed by atoms with Gasteiger partial charge in [0, 0.05) is 26.2 Å². The van der Waals surface area contributed by atoms with Gasteiger partial charge in [0.15, 0.2) is 0 Å². The molecule has 0 amide bonds. The molecule has 8 nitrogen and oxygen atoms in total. The lowest BCUT2D eigenvalue weighted by Crippen LogP contribution is -2.47. The van der Waals surface area contributed by atoms with Crippen molar-refractivity contribution in [1.29, 1.82) is 0 Å². The SMILES string of the molecule is CCOc1ccccc1N1CCN(Cn2cc([N+](=O)[O-])cn2)CC1. The normalized spacial score (nSPS) is 15.5. The van der Waals surface area contributed by atoms with Crippen molar-refractivity contribution in [3.8, 4) is 5.75 Å². The molecule has 1 aliphatic heterocycles. The highest BCUT2D eigenvalue weighted by Gasteiger charge is 2.20. The van der Waals surface area contributed by atoms with Gasteiger partial charge in [0.1, 0.15) is 18.1 Å². The van der Waals surface area contributed by atoms with Crippen LogP contribution in [-0.2, 0) is 6.67 Å². The average Bonchev–Trinajstić information content (AvgIpc) is 3.05. The minimum absolute atomic E-state index is 0.0271. The Morgan fingerprint density at radius 1 is 1.25 bits per heavy atom. The summed E-state index contributed by atoms with van der Waals surface area (Å²) in [6.45, 7) is 6.70. The van der Waals surface area contributed by atoms with Gasteiger partial charge in [-0.05, 0) is 19.1 Å². The molecule has 3 rings (SSSR count). The van der Waals surface area contributed by atoms with Gasteiger partial charge in [-0.15, -0.1) is 0 Å². The van der Waals surface area contributed by atoms with E-state index in [0.717, 1.165) is 37.6 Å². The van der Waals surface area contributed by atoms with Crippen molar-refractivity contribution >= 4 is 11.4 Å². The van der Waals surface area contributed by atoms with Gasteiger partial charge in [-0.2, -0.15) is 5.10 Å². The number of rotatable bonds is 6. The summed E-state index contributed by atoms with van der Waals surface area (Å²) in [4.78, 5) is 14.8. The second-order valence-electron chi connectivity index (χ2n) is 5.64. The first-order valence-electron chi connectivity index (χ1n) is 8.03. The molecule has 2 heterocycles. The zero-order valence-corrected chi connectivity index (χ0v) is 13.7. The van der Waals surface area contributed by atoms with E-state index in [1.165, 1.54) is 12.4 Å². The quantitative estimate of drug-likeness (QED) is 0.595. The van der Waals surface area contributed by atoms with Crippen molar-refractivity contribution in [2.75, 3.05) is 37.7 Å². The number of para-hydroxylation sites is 2. The molecular weight excluding hydrogens is 310 g/mol. The first-order valence-corrected chi connectivity index (χ1v) is 8.03. The Bertz CT molecular complexity index is 695. The minimum atomic E-state index is -0.425. The Kier molecular flexibility index (Phi) is 4.95. The van der Waals surface area contributed by atoms with Gasteiger partial charge >= 0.3 is 5.69 Å². The number of piperazine rings is 1. The first-order chi connectivity index (χ1) is 11.7. The molecule has 0 aliphatic carbocycles. The smallest absolute Gasteiger partial charge is 0.307 e. The summed E-state index contributed by atoms with van der Waals surface area (Å²) in [5.74, 6) is 0.913. The summed E-state index contributed by atoms with van der Waals surface area (Å²) in [5.41, 5.74) is 1.15. The van der Waals surface area contributed by atoms with Gasteiger partial charge < -0.3 is 9.64 Å². The second-order valence-corrected chi connectivity index (χ2v) is 5.64. The van der Waals surface area contributed by atoms with Crippen molar-refractivity contribution in [3.05, 3.63) is 46.8 Å². The summed E-state index contributed by atoms with van der Waals surface area (Å²) in [5, 5.41) is 14.8. The number of hydrogen-bond acceptors (Lipinski definition) is 6. The maximum Gasteiger partial charge on any atom is 0.307 e. The fourth-order valence-corrected chi connectivity index (χ4v) is 2.86. The van der Waals surface area contributed by atoms with Gasteiger partial charge in [0.2, 0.25) is 0 Å². The Hall–Kier alpha value is -2.61. The number of nitro groups is 1. The lowest BCUT2D eigenvalue weighted by atomic mass is 10.2. The van der Waals surface area contributed by atoms with Gasteiger partial charge in [-0.25, -0.2) is 0 Å². The molecule has 2 aromatic rings. The highest BCUT2D eigenvalue weighted by molar-refractivity contribution is 5.58. The maximum absolute atomic E-state index is 10.7. The number of aromatic nitrogens is 2. The molecule has 0 radical (unpaired) electrons. The Morgan fingerprint density at radius 2 is 2.00 bits per heavy atom. The van der Waals surface area contributed by atoms with E-state index < -0.39 is 4.92 Å². The highest BCUT2D eigenvalue weighted by Crippen LogP contribution is 2.28. The molecule has 1 aromatic carbocycles. The van der Waals surface area contributed by atoms with Crippen LogP contribution in [0.2, 0.25) is 0 Å².